The number of hydrogen-bond acceptors (Lipinski definition) is 3. The molecule has 0 amide bonds. The molecule has 4 nitrogen and oxygen atoms in total. The Hall–Kier alpha value is -1.38. The molecule has 0 aliphatic rings. The largest absolute Gasteiger partial charge is 0.573 e. The summed E-state index contributed by atoms with van der Waals surface area (Å²) in [5, 5.41) is 8.48. The Morgan fingerprint density at radius 2 is 2.11 bits per heavy atom. The van der Waals surface area contributed by atoms with Crippen LogP contribution in [0.3, 0.4) is 0 Å². The number of nitrogens with zero attached hydrogens (tertiary/aromatic N) is 1. The minimum absolute atomic E-state index is 0.0578. The average Bonchev–Trinajstić information content (AvgIpc) is 2.21. The molecule has 1 heterocycles. The van der Waals surface area contributed by atoms with Crippen molar-refractivity contribution in [3.05, 3.63) is 23.3 Å². The van der Waals surface area contributed by atoms with E-state index in [4.69, 9.17) is 5.11 Å². The first-order valence-corrected chi connectivity index (χ1v) is 5.56. The zero-order valence-corrected chi connectivity index (χ0v) is 10.2. The van der Waals surface area contributed by atoms with E-state index in [1.165, 1.54) is 0 Å². The molecule has 0 radical (unpaired) electrons. The summed E-state index contributed by atoms with van der Waals surface area (Å²) in [6.07, 6.45) is -5.33. The van der Waals surface area contributed by atoms with Gasteiger partial charge in [0.1, 0.15) is 0 Å². The molecule has 0 saturated heterocycles. The normalized spacial score (nSPS) is 11.4. The van der Waals surface area contributed by atoms with Gasteiger partial charge in [-0.2, -0.15) is 0 Å². The van der Waals surface area contributed by atoms with Crippen LogP contribution in [0.4, 0.5) is 17.6 Å². The second-order valence-electron chi connectivity index (χ2n) is 3.11. The maximum absolute atomic E-state index is 13.7. The van der Waals surface area contributed by atoms with Crippen LogP contribution in [0.25, 0.3) is 0 Å². The highest BCUT2D eigenvalue weighted by atomic mass is 79.9. The van der Waals surface area contributed by atoms with Crippen molar-refractivity contribution in [2.24, 2.45) is 0 Å². The van der Waals surface area contributed by atoms with Crippen molar-refractivity contribution in [2.75, 3.05) is 0 Å². The zero-order valence-electron chi connectivity index (χ0n) is 8.59. The highest BCUT2D eigenvalue weighted by Gasteiger charge is 2.33. The fourth-order valence-electron chi connectivity index (χ4n) is 1.18. The van der Waals surface area contributed by atoms with Gasteiger partial charge in [-0.25, -0.2) is 4.39 Å². The third kappa shape index (κ3) is 3.83. The predicted octanol–water partition coefficient (Wildman–Crippen LogP) is 2.64. The second-order valence-corrected chi connectivity index (χ2v) is 3.67. The van der Waals surface area contributed by atoms with Crippen LogP contribution < -0.4 is 4.74 Å². The third-order valence-electron chi connectivity index (χ3n) is 1.83. The first-order chi connectivity index (χ1) is 8.24. The summed E-state index contributed by atoms with van der Waals surface area (Å²) in [6.45, 7) is 0. The molecular formula is C9H6BrF4NO3. The third-order valence-corrected chi connectivity index (χ3v) is 2.36. The zero-order chi connectivity index (χ0) is 13.9. The van der Waals surface area contributed by atoms with Crippen LogP contribution in [0, 0.1) is 5.82 Å². The van der Waals surface area contributed by atoms with Crippen LogP contribution in [-0.4, -0.2) is 22.4 Å². The molecule has 0 bridgehead atoms. The van der Waals surface area contributed by atoms with Crippen molar-refractivity contribution in [1.82, 2.24) is 4.98 Å². The smallest absolute Gasteiger partial charge is 0.481 e. The van der Waals surface area contributed by atoms with Gasteiger partial charge in [0.25, 0.3) is 0 Å². The van der Waals surface area contributed by atoms with Crippen molar-refractivity contribution >= 4 is 21.9 Å². The number of aromatic nitrogens is 1. The number of hydrogen-bond donors (Lipinski definition) is 1. The van der Waals surface area contributed by atoms with Crippen molar-refractivity contribution in [2.45, 2.75) is 18.1 Å². The van der Waals surface area contributed by atoms with Gasteiger partial charge < -0.3 is 9.84 Å². The summed E-state index contributed by atoms with van der Waals surface area (Å²) in [4.78, 5) is 13.9. The van der Waals surface area contributed by atoms with Gasteiger partial charge in [0.05, 0.1) is 18.3 Å². The lowest BCUT2D eigenvalue weighted by Crippen LogP contribution is -2.20. The molecule has 0 aliphatic heterocycles. The van der Waals surface area contributed by atoms with Crippen molar-refractivity contribution in [3.8, 4) is 5.75 Å². The van der Waals surface area contributed by atoms with Crippen molar-refractivity contribution in [1.29, 1.82) is 0 Å². The van der Waals surface area contributed by atoms with E-state index in [0.717, 1.165) is 0 Å². The molecule has 0 unspecified atom stereocenters. The Balaban J connectivity index is 3.24. The van der Waals surface area contributed by atoms with Crippen LogP contribution >= 0.6 is 15.9 Å². The van der Waals surface area contributed by atoms with Gasteiger partial charge in [0.15, 0.2) is 11.6 Å². The van der Waals surface area contributed by atoms with E-state index in [2.05, 4.69) is 25.7 Å². The highest BCUT2D eigenvalue weighted by molar-refractivity contribution is 9.08. The highest BCUT2D eigenvalue weighted by Crippen LogP contribution is 2.29. The lowest BCUT2D eigenvalue weighted by atomic mass is 10.1. The molecule has 100 valence electrons. The molecule has 0 aromatic carbocycles. The van der Waals surface area contributed by atoms with E-state index >= 15 is 0 Å². The maximum Gasteiger partial charge on any atom is 0.573 e. The van der Waals surface area contributed by atoms with Gasteiger partial charge in [-0.1, -0.05) is 15.9 Å². The molecule has 0 fully saturated rings. The van der Waals surface area contributed by atoms with E-state index in [9.17, 15) is 22.4 Å². The second kappa shape index (κ2) is 5.51. The van der Waals surface area contributed by atoms with Gasteiger partial charge in [0, 0.05) is 10.9 Å². The standard InChI is InChI=1S/C9H6BrF4NO3/c10-2-5-8(11)4(1-7(16)17)6(3-15-5)18-9(12,13)14/h3H,1-2H2,(H,16,17). The number of rotatable bonds is 4. The Kier molecular flexibility index (Phi) is 4.49. The molecule has 18 heavy (non-hydrogen) atoms. The molecule has 0 saturated carbocycles. The van der Waals surface area contributed by atoms with E-state index in [1.54, 1.807) is 0 Å². The number of aliphatic carboxylic acids is 1. The molecule has 1 aromatic heterocycles. The summed E-state index contributed by atoms with van der Waals surface area (Å²) < 4.78 is 53.3. The molecule has 1 aromatic rings. The Bertz CT molecular complexity index is 464. The number of halogens is 5. The number of carboxylic acids is 1. The van der Waals surface area contributed by atoms with Crippen LogP contribution in [0.1, 0.15) is 11.3 Å². The van der Waals surface area contributed by atoms with Gasteiger partial charge in [0.2, 0.25) is 0 Å². The quantitative estimate of drug-likeness (QED) is 0.680. The van der Waals surface area contributed by atoms with Crippen molar-refractivity contribution in [3.63, 3.8) is 0 Å². The van der Waals surface area contributed by atoms with Crippen LogP contribution in [0.2, 0.25) is 0 Å². The molecule has 0 atom stereocenters. The fraction of sp³-hybridized carbons (Fsp3) is 0.333. The number of alkyl halides is 4. The Morgan fingerprint density at radius 3 is 2.56 bits per heavy atom. The van der Waals surface area contributed by atoms with Gasteiger partial charge in [-0.05, 0) is 0 Å². The van der Waals surface area contributed by atoms with E-state index < -0.39 is 35.9 Å². The molecular weight excluding hydrogens is 326 g/mol. The van der Waals surface area contributed by atoms with Crippen LogP contribution in [0.5, 0.6) is 5.75 Å². The van der Waals surface area contributed by atoms with Crippen molar-refractivity contribution < 1.29 is 32.2 Å². The van der Waals surface area contributed by atoms with Gasteiger partial charge >= 0.3 is 12.3 Å². The van der Waals surface area contributed by atoms with Crippen LogP contribution in [0.15, 0.2) is 6.20 Å². The first-order valence-electron chi connectivity index (χ1n) is 4.44. The minimum Gasteiger partial charge on any atom is -0.481 e. The average molecular weight is 332 g/mol. The Morgan fingerprint density at radius 1 is 1.50 bits per heavy atom. The summed E-state index contributed by atoms with van der Waals surface area (Å²) >= 11 is 2.88. The Labute approximate surface area is 107 Å². The minimum atomic E-state index is -5.04. The molecule has 1 rings (SSSR count). The summed E-state index contributed by atoms with van der Waals surface area (Å²) in [5.74, 6) is -3.56. The summed E-state index contributed by atoms with van der Waals surface area (Å²) in [5.41, 5.74) is -0.884. The van der Waals surface area contributed by atoms with E-state index in [1.807, 2.05) is 0 Å². The molecule has 0 spiro atoms. The maximum atomic E-state index is 13.7. The molecule has 1 N–H and O–H groups in total. The SMILES string of the molecule is O=C(O)Cc1c(OC(F)(F)F)cnc(CBr)c1F. The van der Waals surface area contributed by atoms with Gasteiger partial charge in [-0.15, -0.1) is 13.2 Å². The summed E-state index contributed by atoms with van der Waals surface area (Å²) in [6, 6.07) is 0. The number of ether oxygens (including phenoxy) is 1. The summed E-state index contributed by atoms with van der Waals surface area (Å²) in [7, 11) is 0. The fourth-order valence-corrected chi connectivity index (χ4v) is 1.57. The topological polar surface area (TPSA) is 59.4 Å². The first kappa shape index (κ1) is 14.7. The van der Waals surface area contributed by atoms with Crippen LogP contribution in [-0.2, 0) is 16.5 Å². The van der Waals surface area contributed by atoms with Gasteiger partial charge in [-0.3, -0.25) is 9.78 Å². The van der Waals surface area contributed by atoms with E-state index in [-0.39, 0.29) is 11.0 Å². The lowest BCUT2D eigenvalue weighted by molar-refractivity contribution is -0.275. The molecule has 9 heteroatoms. The number of carbonyl (C=O) groups is 1. The van der Waals surface area contributed by atoms with E-state index in [0.29, 0.717) is 6.20 Å². The predicted molar refractivity (Wildman–Crippen MR) is 54.8 cm³/mol. The lowest BCUT2D eigenvalue weighted by Gasteiger charge is -2.13. The monoisotopic (exact) mass is 331 g/mol. The molecule has 0 aliphatic carbocycles. The number of pyridine rings is 1. The number of carboxylic acid groups (broad SMARTS) is 1.